The average molecular weight is 245 g/mol. The van der Waals surface area contributed by atoms with Crippen LogP contribution in [0.4, 0.5) is 5.82 Å². The minimum Gasteiger partial charge on any atom is -0.370 e. The summed E-state index contributed by atoms with van der Waals surface area (Å²) in [5, 5.41) is 3.31. The van der Waals surface area contributed by atoms with Crippen molar-refractivity contribution in [2.45, 2.75) is 33.1 Å². The molecule has 0 radical (unpaired) electrons. The summed E-state index contributed by atoms with van der Waals surface area (Å²) in [5.74, 6) is 2.63. The van der Waals surface area contributed by atoms with Gasteiger partial charge in [-0.15, -0.1) is 0 Å². The van der Waals surface area contributed by atoms with E-state index in [1.807, 2.05) is 16.8 Å². The Morgan fingerprint density at radius 3 is 2.78 bits per heavy atom. The quantitative estimate of drug-likeness (QED) is 0.849. The molecule has 5 heteroatoms. The van der Waals surface area contributed by atoms with Crippen molar-refractivity contribution in [1.29, 1.82) is 0 Å². The van der Waals surface area contributed by atoms with Crippen LogP contribution >= 0.6 is 0 Å². The third-order valence-corrected chi connectivity index (χ3v) is 2.56. The Bertz CT molecular complexity index is 478. The van der Waals surface area contributed by atoms with Crippen molar-refractivity contribution >= 4 is 5.82 Å². The zero-order valence-corrected chi connectivity index (χ0v) is 10.9. The monoisotopic (exact) mass is 245 g/mol. The lowest BCUT2D eigenvalue weighted by Crippen LogP contribution is -2.08. The Labute approximate surface area is 107 Å². The molecular weight excluding hydrogens is 226 g/mol. The zero-order valence-electron chi connectivity index (χ0n) is 10.9. The summed E-state index contributed by atoms with van der Waals surface area (Å²) in [5.41, 5.74) is 0. The number of rotatable bonds is 6. The highest BCUT2D eigenvalue weighted by Crippen LogP contribution is 2.12. The van der Waals surface area contributed by atoms with Crippen LogP contribution < -0.4 is 5.32 Å². The Morgan fingerprint density at radius 1 is 1.22 bits per heavy atom. The molecule has 0 aliphatic rings. The Kier molecular flexibility index (Phi) is 4.28. The highest BCUT2D eigenvalue weighted by Gasteiger charge is 2.05. The average Bonchev–Trinajstić information content (AvgIpc) is 2.90. The fourth-order valence-electron chi connectivity index (χ4n) is 1.69. The first-order valence-electron chi connectivity index (χ1n) is 6.43. The Morgan fingerprint density at radius 2 is 2.11 bits per heavy atom. The maximum Gasteiger partial charge on any atom is 0.143 e. The number of nitrogens with zero attached hydrogens (tertiary/aromatic N) is 4. The second-order valence-corrected chi connectivity index (χ2v) is 4.17. The first-order valence-corrected chi connectivity index (χ1v) is 6.43. The molecule has 2 aromatic heterocycles. The van der Waals surface area contributed by atoms with E-state index in [1.54, 1.807) is 12.5 Å². The molecule has 5 nitrogen and oxygen atoms in total. The van der Waals surface area contributed by atoms with Gasteiger partial charge in [0.1, 0.15) is 23.8 Å². The van der Waals surface area contributed by atoms with E-state index in [1.165, 1.54) is 0 Å². The van der Waals surface area contributed by atoms with Crippen molar-refractivity contribution in [1.82, 2.24) is 19.5 Å². The van der Waals surface area contributed by atoms with Crippen LogP contribution in [-0.2, 0) is 6.42 Å². The first kappa shape index (κ1) is 12.5. The lowest BCUT2D eigenvalue weighted by Gasteiger charge is -2.09. The van der Waals surface area contributed by atoms with Gasteiger partial charge in [0.15, 0.2) is 0 Å². The van der Waals surface area contributed by atoms with Crippen LogP contribution in [-0.4, -0.2) is 26.1 Å². The smallest absolute Gasteiger partial charge is 0.143 e. The second kappa shape index (κ2) is 6.14. The van der Waals surface area contributed by atoms with Gasteiger partial charge in [-0.2, -0.15) is 0 Å². The van der Waals surface area contributed by atoms with Crippen LogP contribution in [0.25, 0.3) is 5.82 Å². The molecule has 2 rings (SSSR count). The number of aryl methyl sites for hydroxylation is 1. The van der Waals surface area contributed by atoms with E-state index in [0.29, 0.717) is 0 Å². The first-order chi connectivity index (χ1) is 8.83. The fraction of sp³-hybridized carbons (Fsp3) is 0.462. The molecule has 0 spiro atoms. The van der Waals surface area contributed by atoms with Crippen molar-refractivity contribution in [3.63, 3.8) is 0 Å². The molecule has 0 amide bonds. The van der Waals surface area contributed by atoms with Crippen molar-refractivity contribution in [3.05, 3.63) is 30.6 Å². The molecule has 0 bridgehead atoms. The van der Waals surface area contributed by atoms with Gasteiger partial charge < -0.3 is 5.32 Å². The second-order valence-electron chi connectivity index (χ2n) is 4.17. The van der Waals surface area contributed by atoms with E-state index in [2.05, 4.69) is 34.1 Å². The lowest BCUT2D eigenvalue weighted by atomic mass is 10.3. The molecule has 18 heavy (non-hydrogen) atoms. The molecule has 0 saturated carbocycles. The van der Waals surface area contributed by atoms with E-state index in [-0.39, 0.29) is 0 Å². The van der Waals surface area contributed by atoms with E-state index in [4.69, 9.17) is 0 Å². The van der Waals surface area contributed by atoms with E-state index in [0.717, 1.165) is 43.3 Å². The van der Waals surface area contributed by atoms with E-state index < -0.39 is 0 Å². The van der Waals surface area contributed by atoms with Gasteiger partial charge in [0.25, 0.3) is 0 Å². The molecule has 1 N–H and O–H groups in total. The Hall–Kier alpha value is -1.91. The largest absolute Gasteiger partial charge is 0.370 e. The summed E-state index contributed by atoms with van der Waals surface area (Å²) in [7, 11) is 0. The maximum atomic E-state index is 4.55. The summed E-state index contributed by atoms with van der Waals surface area (Å²) in [6, 6.07) is 1.95. The third kappa shape index (κ3) is 3.06. The highest BCUT2D eigenvalue weighted by molar-refractivity contribution is 5.41. The topological polar surface area (TPSA) is 55.6 Å². The molecule has 96 valence electrons. The standard InChI is InChI=1S/C13H19N5/c1-3-5-11-16-12(15-6-4-2)9-13(17-11)18-8-7-14-10-18/h7-10H,3-6H2,1-2H3,(H,15,16,17). The van der Waals surface area contributed by atoms with Gasteiger partial charge in [0, 0.05) is 31.4 Å². The number of hydrogen-bond acceptors (Lipinski definition) is 4. The van der Waals surface area contributed by atoms with Crippen molar-refractivity contribution < 1.29 is 0 Å². The predicted octanol–water partition coefficient (Wildman–Crippen LogP) is 2.44. The minimum absolute atomic E-state index is 0.865. The van der Waals surface area contributed by atoms with Crippen molar-refractivity contribution in [2.75, 3.05) is 11.9 Å². The normalized spacial score (nSPS) is 10.6. The van der Waals surface area contributed by atoms with Crippen LogP contribution in [0.3, 0.4) is 0 Å². The van der Waals surface area contributed by atoms with Crippen LogP contribution in [0, 0.1) is 0 Å². The highest BCUT2D eigenvalue weighted by atomic mass is 15.1. The van der Waals surface area contributed by atoms with Crippen molar-refractivity contribution in [2.24, 2.45) is 0 Å². The van der Waals surface area contributed by atoms with Crippen LogP contribution in [0.1, 0.15) is 32.5 Å². The van der Waals surface area contributed by atoms with Crippen LogP contribution in [0.5, 0.6) is 0 Å². The number of anilines is 1. The minimum atomic E-state index is 0.865. The van der Waals surface area contributed by atoms with Crippen LogP contribution in [0.15, 0.2) is 24.8 Å². The maximum absolute atomic E-state index is 4.55. The summed E-state index contributed by atoms with van der Waals surface area (Å²) in [6.07, 6.45) is 8.40. The molecule has 0 aliphatic carbocycles. The molecular formula is C13H19N5. The van der Waals surface area contributed by atoms with Crippen LogP contribution in [0.2, 0.25) is 0 Å². The number of hydrogen-bond donors (Lipinski definition) is 1. The van der Waals surface area contributed by atoms with Gasteiger partial charge in [-0.3, -0.25) is 4.57 Å². The zero-order chi connectivity index (χ0) is 12.8. The molecule has 0 atom stereocenters. The summed E-state index contributed by atoms with van der Waals surface area (Å²) in [4.78, 5) is 13.1. The molecule has 0 fully saturated rings. The number of imidazole rings is 1. The summed E-state index contributed by atoms with van der Waals surface area (Å²) >= 11 is 0. The molecule has 2 aromatic rings. The molecule has 2 heterocycles. The summed E-state index contributed by atoms with van der Waals surface area (Å²) < 4.78 is 1.90. The SMILES string of the molecule is CCCNc1cc(-n2ccnc2)nc(CCC)n1. The molecule has 0 aliphatic heterocycles. The van der Waals surface area contributed by atoms with Gasteiger partial charge in [-0.05, 0) is 12.8 Å². The van der Waals surface area contributed by atoms with Gasteiger partial charge in [-0.1, -0.05) is 13.8 Å². The lowest BCUT2D eigenvalue weighted by molar-refractivity contribution is 0.814. The molecule has 0 unspecified atom stereocenters. The van der Waals surface area contributed by atoms with E-state index >= 15 is 0 Å². The molecule has 0 saturated heterocycles. The van der Waals surface area contributed by atoms with Gasteiger partial charge in [-0.25, -0.2) is 15.0 Å². The fourth-order valence-corrected chi connectivity index (χ4v) is 1.69. The van der Waals surface area contributed by atoms with Gasteiger partial charge in [0.05, 0.1) is 0 Å². The van der Waals surface area contributed by atoms with Crippen molar-refractivity contribution in [3.8, 4) is 5.82 Å². The predicted molar refractivity (Wildman–Crippen MR) is 71.9 cm³/mol. The molecule has 0 aromatic carbocycles. The van der Waals surface area contributed by atoms with E-state index in [9.17, 15) is 0 Å². The Balaban J connectivity index is 2.30. The number of aromatic nitrogens is 4. The number of nitrogens with one attached hydrogen (secondary N) is 1. The van der Waals surface area contributed by atoms with Gasteiger partial charge >= 0.3 is 0 Å². The summed E-state index contributed by atoms with van der Waals surface area (Å²) in [6.45, 7) is 5.19. The third-order valence-electron chi connectivity index (χ3n) is 2.56. The van der Waals surface area contributed by atoms with Gasteiger partial charge in [0.2, 0.25) is 0 Å².